The number of carboxylic acids is 1. The zero-order valence-electron chi connectivity index (χ0n) is 13.6. The number of carbonyl (C=O) groups excluding carboxylic acids is 1. The first-order valence-corrected chi connectivity index (χ1v) is 9.35. The average molecular weight is 374 g/mol. The summed E-state index contributed by atoms with van der Waals surface area (Å²) in [6.45, 7) is -0.225. The zero-order valence-corrected chi connectivity index (χ0v) is 14.4. The van der Waals surface area contributed by atoms with Gasteiger partial charge in [0.1, 0.15) is 12.4 Å². The first kappa shape index (κ1) is 19.3. The molecule has 25 heavy (non-hydrogen) atoms. The molecule has 1 aromatic rings. The molecule has 1 aliphatic heterocycles. The first-order chi connectivity index (χ1) is 11.7. The smallest absolute Gasteiger partial charge is 0.318 e. The van der Waals surface area contributed by atoms with E-state index in [9.17, 15) is 22.4 Å². The van der Waals surface area contributed by atoms with Crippen molar-refractivity contribution in [1.29, 1.82) is 0 Å². The lowest BCUT2D eigenvalue weighted by Crippen LogP contribution is -2.51. The molecule has 1 unspecified atom stereocenters. The van der Waals surface area contributed by atoms with Gasteiger partial charge in [-0.15, -0.1) is 0 Å². The van der Waals surface area contributed by atoms with E-state index in [1.165, 1.54) is 29.2 Å². The van der Waals surface area contributed by atoms with Crippen molar-refractivity contribution in [2.75, 3.05) is 39.0 Å². The molecule has 1 aliphatic rings. The molecule has 1 saturated heterocycles. The summed E-state index contributed by atoms with van der Waals surface area (Å²) in [6, 6.07) is 5.11. The normalized spacial score (nSPS) is 18.4. The second-order valence-electron chi connectivity index (χ2n) is 5.70. The highest BCUT2D eigenvalue weighted by atomic mass is 32.2. The van der Waals surface area contributed by atoms with Crippen LogP contribution >= 0.6 is 0 Å². The third kappa shape index (κ3) is 5.48. The van der Waals surface area contributed by atoms with E-state index < -0.39 is 34.5 Å². The Balaban J connectivity index is 2.05. The largest absolute Gasteiger partial charge is 0.480 e. The van der Waals surface area contributed by atoms with E-state index in [0.29, 0.717) is 12.1 Å². The molecule has 0 spiro atoms. The average Bonchev–Trinajstić information content (AvgIpc) is 2.53. The van der Waals surface area contributed by atoms with Crippen molar-refractivity contribution in [2.24, 2.45) is 0 Å². The molecule has 1 aromatic carbocycles. The molecule has 1 atom stereocenters. The molecular formula is C15H19FN2O6S. The standard InChI is InChI=1S/C15H19FN2O6S/c1-25(22,23)18(10-14(19)20)9-13-8-17(6-7-24-13)15(21)11-2-4-12(16)5-3-11/h2-5,13H,6-10H2,1H3,(H,19,20). The Bertz CT molecular complexity index is 737. The molecule has 138 valence electrons. The monoisotopic (exact) mass is 374 g/mol. The minimum absolute atomic E-state index is 0.113. The molecule has 0 radical (unpaired) electrons. The number of carbonyl (C=O) groups is 2. The van der Waals surface area contributed by atoms with Gasteiger partial charge in [-0.25, -0.2) is 12.8 Å². The topological polar surface area (TPSA) is 104 Å². The van der Waals surface area contributed by atoms with Gasteiger partial charge in [0, 0.05) is 25.2 Å². The van der Waals surface area contributed by atoms with Gasteiger partial charge in [0.25, 0.3) is 5.91 Å². The molecule has 0 bridgehead atoms. The fourth-order valence-electron chi connectivity index (χ4n) is 2.48. The second-order valence-corrected chi connectivity index (χ2v) is 7.68. The van der Waals surface area contributed by atoms with Crippen LogP contribution in [0.1, 0.15) is 10.4 Å². The number of carboxylic acid groups (broad SMARTS) is 1. The van der Waals surface area contributed by atoms with E-state index in [0.717, 1.165) is 10.6 Å². The van der Waals surface area contributed by atoms with Crippen molar-refractivity contribution in [2.45, 2.75) is 6.10 Å². The van der Waals surface area contributed by atoms with Crippen LogP contribution in [0.2, 0.25) is 0 Å². The van der Waals surface area contributed by atoms with Crippen molar-refractivity contribution < 1.29 is 32.2 Å². The van der Waals surface area contributed by atoms with Crippen LogP contribution in [0, 0.1) is 5.82 Å². The fraction of sp³-hybridized carbons (Fsp3) is 0.467. The van der Waals surface area contributed by atoms with Crippen molar-refractivity contribution in [3.05, 3.63) is 35.6 Å². The summed E-state index contributed by atoms with van der Waals surface area (Å²) in [6.07, 6.45) is 0.271. The number of morpholine rings is 1. The quantitative estimate of drug-likeness (QED) is 0.752. The van der Waals surface area contributed by atoms with Gasteiger partial charge in [-0.3, -0.25) is 9.59 Å². The fourth-order valence-corrected chi connectivity index (χ4v) is 3.27. The molecule has 1 amide bonds. The van der Waals surface area contributed by atoms with Gasteiger partial charge < -0.3 is 14.7 Å². The predicted octanol–water partition coefficient (Wildman–Crippen LogP) is 0.0129. The molecule has 10 heteroatoms. The number of benzene rings is 1. The summed E-state index contributed by atoms with van der Waals surface area (Å²) in [7, 11) is -3.73. The zero-order chi connectivity index (χ0) is 18.6. The van der Waals surface area contributed by atoms with Crippen LogP contribution in [0.25, 0.3) is 0 Å². The van der Waals surface area contributed by atoms with Crippen LogP contribution in [-0.2, 0) is 19.6 Å². The Morgan fingerprint density at radius 3 is 2.56 bits per heavy atom. The van der Waals surface area contributed by atoms with E-state index in [2.05, 4.69) is 0 Å². The minimum atomic E-state index is -3.73. The van der Waals surface area contributed by atoms with Gasteiger partial charge in [0.05, 0.1) is 19.0 Å². The molecule has 0 saturated carbocycles. The van der Waals surface area contributed by atoms with E-state index in [1.807, 2.05) is 0 Å². The predicted molar refractivity (Wildman–Crippen MR) is 86.1 cm³/mol. The lowest BCUT2D eigenvalue weighted by molar-refractivity contribution is -0.137. The number of ether oxygens (including phenoxy) is 1. The van der Waals surface area contributed by atoms with E-state index >= 15 is 0 Å². The Morgan fingerprint density at radius 2 is 2.00 bits per heavy atom. The molecule has 1 fully saturated rings. The molecular weight excluding hydrogens is 355 g/mol. The maximum Gasteiger partial charge on any atom is 0.318 e. The summed E-state index contributed by atoms with van der Waals surface area (Å²) in [5.74, 6) is -2.05. The number of aliphatic carboxylic acids is 1. The van der Waals surface area contributed by atoms with E-state index in [4.69, 9.17) is 9.84 Å². The Morgan fingerprint density at radius 1 is 1.36 bits per heavy atom. The molecule has 1 N–H and O–H groups in total. The van der Waals surface area contributed by atoms with Crippen LogP contribution in [0.15, 0.2) is 24.3 Å². The molecule has 1 heterocycles. The van der Waals surface area contributed by atoms with Crippen molar-refractivity contribution in [1.82, 2.24) is 9.21 Å². The number of amides is 1. The number of rotatable bonds is 6. The van der Waals surface area contributed by atoms with Crippen molar-refractivity contribution >= 4 is 21.9 Å². The lowest BCUT2D eigenvalue weighted by Gasteiger charge is -2.34. The number of nitrogens with zero attached hydrogens (tertiary/aromatic N) is 2. The van der Waals surface area contributed by atoms with Crippen molar-refractivity contribution in [3.8, 4) is 0 Å². The minimum Gasteiger partial charge on any atom is -0.480 e. The summed E-state index contributed by atoms with van der Waals surface area (Å²) < 4.78 is 42.6. The highest BCUT2D eigenvalue weighted by molar-refractivity contribution is 7.88. The van der Waals surface area contributed by atoms with Crippen LogP contribution in [0.4, 0.5) is 4.39 Å². The van der Waals surface area contributed by atoms with Gasteiger partial charge in [-0.1, -0.05) is 0 Å². The van der Waals surface area contributed by atoms with Crippen molar-refractivity contribution in [3.63, 3.8) is 0 Å². The number of hydrogen-bond donors (Lipinski definition) is 1. The maximum atomic E-state index is 13.0. The Hall–Kier alpha value is -2.04. The third-order valence-electron chi connectivity index (χ3n) is 3.71. The first-order valence-electron chi connectivity index (χ1n) is 7.50. The van der Waals surface area contributed by atoms with Gasteiger partial charge in [0.2, 0.25) is 10.0 Å². The maximum absolute atomic E-state index is 13.0. The summed E-state index contributed by atoms with van der Waals surface area (Å²) in [4.78, 5) is 24.8. The van der Waals surface area contributed by atoms with E-state index in [1.54, 1.807) is 0 Å². The molecule has 2 rings (SSSR count). The lowest BCUT2D eigenvalue weighted by atomic mass is 10.1. The van der Waals surface area contributed by atoms with Crippen LogP contribution in [0.5, 0.6) is 0 Å². The Labute approximate surface area is 144 Å². The van der Waals surface area contributed by atoms with Gasteiger partial charge in [0.15, 0.2) is 0 Å². The molecule has 0 aromatic heterocycles. The summed E-state index contributed by atoms with van der Waals surface area (Å²) >= 11 is 0. The SMILES string of the molecule is CS(=O)(=O)N(CC(=O)O)CC1CN(C(=O)c2ccc(F)cc2)CCO1. The van der Waals surface area contributed by atoms with Gasteiger partial charge in [-0.05, 0) is 24.3 Å². The third-order valence-corrected chi connectivity index (χ3v) is 4.92. The molecule has 8 nitrogen and oxygen atoms in total. The highest BCUT2D eigenvalue weighted by Gasteiger charge is 2.30. The van der Waals surface area contributed by atoms with Crippen LogP contribution in [0.3, 0.4) is 0 Å². The summed E-state index contributed by atoms with van der Waals surface area (Å²) in [5.41, 5.74) is 0.313. The summed E-state index contributed by atoms with van der Waals surface area (Å²) in [5, 5.41) is 8.85. The number of sulfonamides is 1. The number of hydrogen-bond acceptors (Lipinski definition) is 5. The Kier molecular flexibility index (Phi) is 6.09. The second kappa shape index (κ2) is 7.89. The number of halogens is 1. The van der Waals surface area contributed by atoms with Gasteiger partial charge >= 0.3 is 5.97 Å². The van der Waals surface area contributed by atoms with Crippen LogP contribution in [-0.4, -0.2) is 79.8 Å². The highest BCUT2D eigenvalue weighted by Crippen LogP contribution is 2.13. The molecule has 0 aliphatic carbocycles. The van der Waals surface area contributed by atoms with Gasteiger partial charge in [-0.2, -0.15) is 4.31 Å². The van der Waals surface area contributed by atoms with E-state index in [-0.39, 0.29) is 25.6 Å². The van der Waals surface area contributed by atoms with Crippen LogP contribution < -0.4 is 0 Å².